The molecule has 1 atom stereocenters. The third-order valence-corrected chi connectivity index (χ3v) is 4.32. The van der Waals surface area contributed by atoms with E-state index < -0.39 is 21.4 Å². The Bertz CT molecular complexity index is 605. The van der Waals surface area contributed by atoms with Gasteiger partial charge >= 0.3 is 6.09 Å². The maximum Gasteiger partial charge on any atom is 0.419 e. The van der Waals surface area contributed by atoms with Gasteiger partial charge in [0.15, 0.2) is 0 Å². The largest absolute Gasteiger partial charge is 0.496 e. The molecule has 1 aromatic carbocycles. The number of benzene rings is 1. The predicted molar refractivity (Wildman–Crippen MR) is 83.6 cm³/mol. The minimum absolute atomic E-state index is 0.350. The Morgan fingerprint density at radius 3 is 2.50 bits per heavy atom. The Kier molecular flexibility index (Phi) is 5.10. The van der Waals surface area contributed by atoms with Crippen molar-refractivity contribution < 1.29 is 18.5 Å². The van der Waals surface area contributed by atoms with Crippen LogP contribution < -0.4 is 9.46 Å². The topological polar surface area (TPSA) is 64.6 Å². The summed E-state index contributed by atoms with van der Waals surface area (Å²) in [7, 11) is -1.51. The second kappa shape index (κ2) is 6.05. The van der Waals surface area contributed by atoms with E-state index >= 15 is 0 Å². The molecule has 7 heteroatoms. The van der Waals surface area contributed by atoms with Crippen LogP contribution in [0.1, 0.15) is 20.8 Å². The fourth-order valence-corrected chi connectivity index (χ4v) is 2.76. The first-order valence-electron chi connectivity index (χ1n) is 5.77. The molecule has 0 saturated heterocycles. The molecule has 0 aromatic heterocycles. The van der Waals surface area contributed by atoms with Crippen LogP contribution in [-0.2, 0) is 14.4 Å². The van der Waals surface area contributed by atoms with Crippen molar-refractivity contribution in [1.82, 2.24) is 4.72 Å². The van der Waals surface area contributed by atoms with Crippen LogP contribution in [0.15, 0.2) is 27.6 Å². The van der Waals surface area contributed by atoms with Gasteiger partial charge in [-0.1, -0.05) is 0 Å². The van der Waals surface area contributed by atoms with Crippen LogP contribution in [0.25, 0.3) is 0 Å². The van der Waals surface area contributed by atoms with Crippen LogP contribution in [0.5, 0.6) is 5.75 Å². The van der Waals surface area contributed by atoms with E-state index in [1.807, 2.05) is 0 Å². The second-order valence-electron chi connectivity index (χ2n) is 5.08. The summed E-state index contributed by atoms with van der Waals surface area (Å²) < 4.78 is 25.7. The first-order valence-corrected chi connectivity index (χ1v) is 8.29. The van der Waals surface area contributed by atoms with Crippen molar-refractivity contribution in [3.63, 3.8) is 0 Å². The van der Waals surface area contributed by atoms with E-state index in [0.29, 0.717) is 10.6 Å². The molecule has 0 fully saturated rings. The monoisotopic (exact) mass is 363 g/mol. The van der Waals surface area contributed by atoms with Crippen LogP contribution in [0.3, 0.4) is 0 Å². The molecule has 0 spiro atoms. The number of hydrogen-bond donors (Lipinski definition) is 1. The summed E-state index contributed by atoms with van der Waals surface area (Å²) in [5.74, 6) is 4.06. The molecule has 0 radical (unpaired) electrons. The highest BCUT2D eigenvalue weighted by Crippen LogP contribution is 2.27. The zero-order valence-corrected chi connectivity index (χ0v) is 14.3. The molecule has 1 amide bonds. The molecule has 0 bridgehead atoms. The minimum Gasteiger partial charge on any atom is -0.496 e. The van der Waals surface area contributed by atoms with Crippen LogP contribution in [0.4, 0.5) is 4.79 Å². The van der Waals surface area contributed by atoms with E-state index in [4.69, 9.17) is 9.47 Å². The number of carbonyl (C=O) groups is 1. The molecule has 112 valence electrons. The molecular weight excluding hydrogens is 346 g/mol. The number of ether oxygens (including phenoxy) is 2. The van der Waals surface area contributed by atoms with E-state index in [0.717, 1.165) is 4.47 Å². The van der Waals surface area contributed by atoms with E-state index in [9.17, 15) is 9.00 Å². The zero-order chi connectivity index (χ0) is 15.6. The Morgan fingerprint density at radius 2 is 2.00 bits per heavy atom. The maximum absolute atomic E-state index is 12.5. The summed E-state index contributed by atoms with van der Waals surface area (Å²) in [5.41, 5.74) is -0.670. The maximum atomic E-state index is 12.5. The van der Waals surface area contributed by atoms with E-state index in [2.05, 4.69) is 26.5 Å². The van der Waals surface area contributed by atoms with Crippen molar-refractivity contribution in [2.45, 2.75) is 31.3 Å². The summed E-state index contributed by atoms with van der Waals surface area (Å²) in [6.07, 6.45) is -0.778. The van der Waals surface area contributed by atoms with Gasteiger partial charge in [-0.15, -0.1) is 0 Å². The van der Waals surface area contributed by atoms with Gasteiger partial charge < -0.3 is 9.47 Å². The van der Waals surface area contributed by atoms with E-state index in [1.54, 1.807) is 39.0 Å². The summed E-state index contributed by atoms with van der Waals surface area (Å²) in [6, 6.07) is 4.83. The fraction of sp³-hybridized carbons (Fsp3) is 0.385. The van der Waals surface area contributed by atoms with Crippen LogP contribution in [-0.4, -0.2) is 28.9 Å². The first kappa shape index (κ1) is 16.8. The second-order valence-corrected chi connectivity index (χ2v) is 7.96. The predicted octanol–water partition coefficient (Wildman–Crippen LogP) is 2.97. The van der Waals surface area contributed by atoms with Crippen molar-refractivity contribution in [2.24, 2.45) is 0 Å². The van der Waals surface area contributed by atoms with Gasteiger partial charge in [-0.25, -0.2) is 13.7 Å². The molecule has 1 rings (SSSR count). The van der Waals surface area contributed by atoms with E-state index in [-0.39, 0.29) is 0 Å². The third kappa shape index (κ3) is 4.72. The number of nitrogens with one attached hydrogen (secondary N) is 1. The number of methoxy groups -OCH3 is 1. The van der Waals surface area contributed by atoms with Gasteiger partial charge in [0, 0.05) is 0 Å². The number of rotatable bonds is 3. The lowest BCUT2D eigenvalue weighted by molar-refractivity contribution is 0.0572. The summed E-state index contributed by atoms with van der Waals surface area (Å²) in [4.78, 5) is 12.0. The molecule has 0 heterocycles. The summed E-state index contributed by atoms with van der Waals surface area (Å²) >= 11 is 3.30. The fourth-order valence-electron chi connectivity index (χ4n) is 1.34. The van der Waals surface area contributed by atoms with Gasteiger partial charge in [0.2, 0.25) is 0 Å². The Balaban J connectivity index is 2.97. The van der Waals surface area contributed by atoms with Crippen molar-refractivity contribution in [2.75, 3.05) is 7.11 Å². The molecule has 20 heavy (non-hydrogen) atoms. The average Bonchev–Trinajstić information content (AvgIpc) is 2.25. The molecule has 0 saturated carbocycles. The van der Waals surface area contributed by atoms with Gasteiger partial charge in [0.05, 0.1) is 26.2 Å². The van der Waals surface area contributed by atoms with Crippen LogP contribution >= 0.6 is 15.9 Å². The summed E-state index contributed by atoms with van der Waals surface area (Å²) in [5, 5.41) is 0. The smallest absolute Gasteiger partial charge is 0.419 e. The van der Waals surface area contributed by atoms with Crippen molar-refractivity contribution in [3.05, 3.63) is 22.7 Å². The Labute approximate surface area is 127 Å². The highest BCUT2D eigenvalue weighted by atomic mass is 79.9. The SMILES string of the molecule is C=S(=O)(NC(=O)OC(C)(C)C)c1ccc(Br)c(OC)c1. The van der Waals surface area contributed by atoms with Crippen molar-refractivity contribution in [1.29, 1.82) is 0 Å². The van der Waals surface area contributed by atoms with Gasteiger partial charge in [0.25, 0.3) is 0 Å². The average molecular weight is 364 g/mol. The molecule has 1 N–H and O–H groups in total. The van der Waals surface area contributed by atoms with Gasteiger partial charge in [-0.3, -0.25) is 0 Å². The lowest BCUT2D eigenvalue weighted by Crippen LogP contribution is -2.36. The van der Waals surface area contributed by atoms with Gasteiger partial charge in [-0.05, 0) is 60.8 Å². The lowest BCUT2D eigenvalue weighted by Gasteiger charge is -2.21. The number of halogens is 1. The Hall–Kier alpha value is -1.21. The Morgan fingerprint density at radius 1 is 1.40 bits per heavy atom. The van der Waals surface area contributed by atoms with Crippen LogP contribution in [0, 0.1) is 0 Å². The lowest BCUT2D eigenvalue weighted by atomic mass is 10.2. The molecule has 0 aliphatic rings. The number of hydrogen-bond acceptors (Lipinski definition) is 4. The van der Waals surface area contributed by atoms with Crippen molar-refractivity contribution in [3.8, 4) is 5.75 Å². The molecule has 0 aliphatic carbocycles. The standard InChI is InChI=1S/C13H18BrNO4S/c1-13(2,3)19-12(16)15-20(5,17)9-6-7-10(14)11(8-9)18-4/h6-8H,5H2,1-4H3,(H,15,16,17). The molecular formula is C13H18BrNO4S. The minimum atomic E-state index is -3.01. The summed E-state index contributed by atoms with van der Waals surface area (Å²) in [6.45, 7) is 5.17. The van der Waals surface area contributed by atoms with Crippen molar-refractivity contribution >= 4 is 37.6 Å². The third-order valence-electron chi connectivity index (χ3n) is 2.15. The number of carbonyl (C=O) groups excluding carboxylic acids is 1. The normalized spacial score (nSPS) is 14.2. The van der Waals surface area contributed by atoms with Gasteiger partial charge in [-0.2, -0.15) is 0 Å². The number of amides is 1. The molecule has 1 unspecified atom stereocenters. The zero-order valence-electron chi connectivity index (χ0n) is 11.9. The molecule has 0 aliphatic heterocycles. The van der Waals surface area contributed by atoms with E-state index in [1.165, 1.54) is 7.11 Å². The highest BCUT2D eigenvalue weighted by Gasteiger charge is 2.20. The first-order chi connectivity index (χ1) is 9.05. The molecule has 1 aromatic rings. The van der Waals surface area contributed by atoms with Crippen LogP contribution in [0.2, 0.25) is 0 Å². The molecule has 5 nitrogen and oxygen atoms in total. The highest BCUT2D eigenvalue weighted by molar-refractivity contribution is 9.10. The quantitative estimate of drug-likeness (QED) is 0.838. The van der Waals surface area contributed by atoms with Gasteiger partial charge in [0.1, 0.15) is 11.4 Å².